The fraction of sp³-hybridized carbons (Fsp3) is 0.778. The van der Waals surface area contributed by atoms with E-state index in [2.05, 4.69) is 0 Å². The van der Waals surface area contributed by atoms with Crippen LogP contribution in [0.4, 0.5) is 0 Å². The largest absolute Gasteiger partial charge is 0.463 e. The molecule has 88 heavy (non-hydrogen) atoms. The summed E-state index contributed by atoms with van der Waals surface area (Å²) in [7, 11) is 1.90. The minimum atomic E-state index is -1.67. The highest BCUT2D eigenvalue weighted by molar-refractivity contribution is 8.77. The van der Waals surface area contributed by atoms with E-state index in [0.717, 1.165) is 128 Å². The number of ether oxygens (including phenoxy) is 18. The van der Waals surface area contributed by atoms with Crippen LogP contribution >= 0.6 is 45.1 Å². The highest BCUT2D eigenvalue weighted by atomic mass is 33.1. The number of rotatable bonds is 27. The first-order chi connectivity index (χ1) is 41.1. The monoisotopic (exact) mass is 1330 g/mol. The molecule has 0 N–H and O–H groups in total. The van der Waals surface area contributed by atoms with Gasteiger partial charge < -0.3 is 85.3 Å². The van der Waals surface area contributed by atoms with Gasteiger partial charge in [0.2, 0.25) is 0 Å². The van der Waals surface area contributed by atoms with Crippen LogP contribution in [0.1, 0.15) is 111 Å². The number of hydrogen-bond donors (Lipinski definition) is 0. The number of thioether (sulfide) groups is 2. The lowest BCUT2D eigenvalue weighted by Gasteiger charge is -2.50. The van der Waals surface area contributed by atoms with Crippen molar-refractivity contribution in [3.8, 4) is 0 Å². The summed E-state index contributed by atoms with van der Waals surface area (Å²) in [5.41, 5.74) is -3.08. The summed E-state index contributed by atoms with van der Waals surface area (Å²) in [6.07, 6.45) is -22.6. The van der Waals surface area contributed by atoms with Crippen molar-refractivity contribution in [2.75, 3.05) is 26.4 Å². The summed E-state index contributed by atoms with van der Waals surface area (Å²) >= 11 is 1.65. The molecule has 0 saturated carbocycles. The molecule has 4 saturated heterocycles. The van der Waals surface area contributed by atoms with Gasteiger partial charge in [-0.1, -0.05) is 21.6 Å². The predicted octanol–water partition coefficient (Wildman–Crippen LogP) is 2.76. The van der Waals surface area contributed by atoms with Gasteiger partial charge in [-0.25, -0.2) is 0 Å². The van der Waals surface area contributed by atoms with Crippen molar-refractivity contribution in [1.29, 1.82) is 0 Å². The quantitative estimate of drug-likeness (QED) is 0.0648. The molecule has 0 bridgehead atoms. The smallest absolute Gasteiger partial charge is 0.303 e. The molecule has 4 heterocycles. The maximum Gasteiger partial charge on any atom is 0.303 e. The van der Waals surface area contributed by atoms with Gasteiger partial charge in [-0.15, -0.1) is 23.5 Å². The van der Waals surface area contributed by atoms with Gasteiger partial charge in [0.15, 0.2) is 61.4 Å². The molecule has 0 amide bonds. The van der Waals surface area contributed by atoms with Crippen LogP contribution in [-0.2, 0) is 143 Å². The molecule has 0 spiro atoms. The first-order valence-electron chi connectivity index (χ1n) is 27.6. The third-order valence-electron chi connectivity index (χ3n) is 12.3. The second-order valence-electron chi connectivity index (χ2n) is 20.7. The molecule has 20 atom stereocenters. The number of carbonyl (C=O) groups excluding carboxylic acids is 12. The van der Waals surface area contributed by atoms with Crippen LogP contribution in [0.15, 0.2) is 0 Å². The van der Waals surface area contributed by atoms with Crippen LogP contribution in [0.25, 0.3) is 0 Å². The van der Waals surface area contributed by atoms with E-state index in [1.165, 1.54) is 0 Å². The van der Waals surface area contributed by atoms with Gasteiger partial charge in [0.05, 0.1) is 33.2 Å². The number of esters is 12. The first-order valence-corrected chi connectivity index (χ1v) is 31.8. The van der Waals surface area contributed by atoms with Crippen molar-refractivity contribution in [3.63, 3.8) is 0 Å². The zero-order chi connectivity index (χ0) is 66.0. The summed E-state index contributed by atoms with van der Waals surface area (Å²) in [5, 5.41) is -4.97. The normalized spacial score (nSPS) is 32.0. The Balaban J connectivity index is 2.11. The van der Waals surface area contributed by atoms with Gasteiger partial charge in [-0.3, -0.25) is 57.5 Å². The fourth-order valence-corrected chi connectivity index (χ4v) is 17.1. The Labute approximate surface area is 524 Å². The Morgan fingerprint density at radius 1 is 0.295 bits per heavy atom. The number of hydrogen-bond acceptors (Lipinski definition) is 34. The van der Waals surface area contributed by atoms with Crippen LogP contribution in [0, 0.1) is 0 Å². The Morgan fingerprint density at radius 3 is 0.784 bits per heavy atom. The van der Waals surface area contributed by atoms with E-state index in [-0.39, 0.29) is 0 Å². The minimum Gasteiger partial charge on any atom is -0.463 e. The van der Waals surface area contributed by atoms with E-state index in [1.807, 2.05) is 0 Å². The molecule has 0 aromatic rings. The van der Waals surface area contributed by atoms with Crippen molar-refractivity contribution in [2.45, 2.75) is 241 Å². The van der Waals surface area contributed by atoms with E-state index >= 15 is 0 Å². The Kier molecular flexibility index (Phi) is 30.3. The van der Waals surface area contributed by atoms with E-state index in [0.29, 0.717) is 0 Å². The predicted molar refractivity (Wildman–Crippen MR) is 304 cm³/mol. The van der Waals surface area contributed by atoms with E-state index in [1.54, 1.807) is 27.7 Å². The summed E-state index contributed by atoms with van der Waals surface area (Å²) in [5.74, 6) is -10.4. The van der Waals surface area contributed by atoms with E-state index < -0.39 is 228 Å². The highest BCUT2D eigenvalue weighted by Gasteiger charge is 2.60. The number of carbonyl (C=O) groups is 12. The zero-order valence-corrected chi connectivity index (χ0v) is 54.7. The van der Waals surface area contributed by atoms with Crippen LogP contribution in [0.3, 0.4) is 0 Å². The summed E-state index contributed by atoms with van der Waals surface area (Å²) in [6, 6.07) is 0. The second-order valence-corrected chi connectivity index (χ2v) is 25.9. The third-order valence-corrected chi connectivity index (χ3v) is 19.1. The zero-order valence-electron chi connectivity index (χ0n) is 51.4. The maximum atomic E-state index is 13.4. The van der Waals surface area contributed by atoms with Gasteiger partial charge in [-0.05, 0) is 27.7 Å². The second kappa shape index (κ2) is 35.4. The molecule has 498 valence electrons. The Morgan fingerprint density at radius 2 is 0.534 bits per heavy atom. The average molecular weight is 1340 g/mol. The van der Waals surface area contributed by atoms with Crippen molar-refractivity contribution in [3.05, 3.63) is 0 Å². The topological polar surface area (TPSA) is 371 Å². The van der Waals surface area contributed by atoms with Crippen molar-refractivity contribution in [2.24, 2.45) is 0 Å². The van der Waals surface area contributed by atoms with Gasteiger partial charge in [-0.2, -0.15) is 0 Å². The maximum absolute atomic E-state index is 13.4. The van der Waals surface area contributed by atoms with Crippen molar-refractivity contribution >= 4 is 117 Å². The SMILES string of the molecule is CC(=O)OC[C@H]1O[C@@H](S[C@H]2[C@H](SS[C@@H]3[C@@H](OC(C)=O)[C@@H](OC(C)C)O[C@H](COC(C)=O)[C@H]3S[C@@H]3O[C@H](COC(C)=O)[C@H](OC(C)=O)[C@H](OC(C)=O)[C@H]3OC(C)=O)[C@@H](OC(C)=O)[C@@H](OC(C)C)O[C@@H]2COC(C)=O)[C@H](OC(C)=O)[C@@H](OC(C)=O)[C@H]1OC(C)=O. The third kappa shape index (κ3) is 23.6. The summed E-state index contributed by atoms with van der Waals surface area (Å²) < 4.78 is 107. The summed E-state index contributed by atoms with van der Waals surface area (Å²) in [4.78, 5) is 155. The molecule has 0 aromatic heterocycles. The van der Waals surface area contributed by atoms with E-state index in [9.17, 15) is 57.5 Å². The molecule has 0 unspecified atom stereocenters. The standard InChI is InChI=1S/C54H78O30S4/c1-21(2)71-51-45(79-33(15)65)49(47(37(81-51)19-69-25(7)57)85-53-43(77-31(13)63)41(75-29(11)61)39(73-27(9)59)35(83-53)17-67-23(5)55)87-88-50-46(80-34(16)66)52(72-22(3)4)82-38(20-70-26(8)58)48(50)86-54-44(78-32(14)64)42(76-30(12)62)40(74-28(10)60)36(84-54)18-68-24(6)56/h21-22,35-54H,17-20H2,1-16H3/t35-,36-,37-,38-,39+,40+,41+,42+,43-,44-,45-,46-,47-,48-,49-,50-,51+,52+,53+,54+/m1/s1. The molecule has 34 heteroatoms. The fourth-order valence-electron chi connectivity index (χ4n) is 9.40. The van der Waals surface area contributed by atoms with Gasteiger partial charge in [0, 0.05) is 83.1 Å². The highest BCUT2D eigenvalue weighted by Crippen LogP contribution is 2.53. The first kappa shape index (κ1) is 75.3. The van der Waals surface area contributed by atoms with Gasteiger partial charge >= 0.3 is 71.6 Å². The molecule has 0 aliphatic carbocycles. The lowest BCUT2D eigenvalue weighted by atomic mass is 9.99. The molecule has 4 aliphatic rings. The average Bonchev–Trinajstić information content (AvgIpc) is 0.928. The molecule has 4 fully saturated rings. The Hall–Kier alpha value is -5.20. The Bertz CT molecular complexity index is 2300. The van der Waals surface area contributed by atoms with Crippen molar-refractivity contribution < 1.29 is 143 Å². The molecular formula is C54H78O30S4. The van der Waals surface area contributed by atoms with Gasteiger partial charge in [0.1, 0.15) is 61.7 Å². The van der Waals surface area contributed by atoms with Crippen LogP contribution in [0.5, 0.6) is 0 Å². The molecule has 4 rings (SSSR count). The van der Waals surface area contributed by atoms with Crippen molar-refractivity contribution in [1.82, 2.24) is 0 Å². The lowest BCUT2D eigenvalue weighted by molar-refractivity contribution is -0.259. The molecule has 30 nitrogen and oxygen atoms in total. The molecule has 0 aromatic carbocycles. The van der Waals surface area contributed by atoms with E-state index in [4.69, 9.17) is 85.3 Å². The van der Waals surface area contributed by atoms with Crippen LogP contribution < -0.4 is 0 Å². The molecular weight excluding hydrogens is 1260 g/mol. The van der Waals surface area contributed by atoms with Gasteiger partial charge in [0.25, 0.3) is 0 Å². The molecule has 0 radical (unpaired) electrons. The molecule has 4 aliphatic heterocycles. The van der Waals surface area contributed by atoms with Crippen LogP contribution in [-0.4, -0.2) is 228 Å². The summed E-state index contributed by atoms with van der Waals surface area (Å²) in [6.45, 7) is 17.2. The van der Waals surface area contributed by atoms with Crippen LogP contribution in [0.2, 0.25) is 0 Å². The lowest BCUT2D eigenvalue weighted by Crippen LogP contribution is -2.64. The minimum absolute atomic E-state index is 0.547.